The van der Waals surface area contributed by atoms with Gasteiger partial charge in [0.05, 0.1) is 6.10 Å². The molecule has 0 radical (unpaired) electrons. The maximum Gasteiger partial charge on any atom is 0.488 e. The van der Waals surface area contributed by atoms with Gasteiger partial charge in [-0.05, 0) is 31.3 Å². The standard InChI is InChI=1S/C11H17BO5S/c1-9(2)15-16-17-18-8-7-10-3-5-11(6-4-10)12(13)14/h3-6,9,13-14H,7-8H2,1-2H3. The molecule has 0 unspecified atom stereocenters. The molecule has 0 aliphatic heterocycles. The van der Waals surface area contributed by atoms with Crippen molar-refractivity contribution in [2.75, 3.05) is 5.75 Å². The Hall–Kier alpha value is -0.565. The largest absolute Gasteiger partial charge is 0.488 e. The molecule has 2 N–H and O–H groups in total. The average molecular weight is 272 g/mol. The lowest BCUT2D eigenvalue weighted by molar-refractivity contribution is -0.473. The van der Waals surface area contributed by atoms with Crippen LogP contribution in [0.1, 0.15) is 19.4 Å². The molecule has 0 aliphatic carbocycles. The van der Waals surface area contributed by atoms with Crippen LogP contribution in [-0.2, 0) is 20.7 Å². The third kappa shape index (κ3) is 6.39. The SMILES string of the molecule is CC(C)OOOSCCc1ccc(B(O)O)cc1. The van der Waals surface area contributed by atoms with E-state index in [2.05, 4.69) is 5.04 Å². The van der Waals surface area contributed by atoms with Crippen molar-refractivity contribution in [1.82, 2.24) is 0 Å². The van der Waals surface area contributed by atoms with Crippen LogP contribution < -0.4 is 5.46 Å². The molecule has 7 heteroatoms. The molecule has 100 valence electrons. The molecular weight excluding hydrogens is 255 g/mol. The molecule has 1 rings (SSSR count). The Labute approximate surface area is 111 Å². The predicted molar refractivity (Wildman–Crippen MR) is 70.8 cm³/mol. The normalized spacial score (nSPS) is 10.9. The van der Waals surface area contributed by atoms with E-state index in [1.807, 2.05) is 26.0 Å². The minimum atomic E-state index is -1.42. The van der Waals surface area contributed by atoms with Crippen molar-refractivity contribution in [3.05, 3.63) is 29.8 Å². The molecule has 0 spiro atoms. The fourth-order valence-corrected chi connectivity index (χ4v) is 1.62. The highest BCUT2D eigenvalue weighted by Gasteiger charge is 2.09. The Balaban J connectivity index is 2.15. The van der Waals surface area contributed by atoms with Crippen molar-refractivity contribution in [1.29, 1.82) is 0 Å². The van der Waals surface area contributed by atoms with Gasteiger partial charge in [-0.3, -0.25) is 0 Å². The molecule has 0 bridgehead atoms. The molecule has 0 amide bonds. The monoisotopic (exact) mass is 272 g/mol. The Morgan fingerprint density at radius 1 is 1.22 bits per heavy atom. The van der Waals surface area contributed by atoms with E-state index in [9.17, 15) is 0 Å². The first kappa shape index (κ1) is 15.5. The van der Waals surface area contributed by atoms with Gasteiger partial charge in [0.2, 0.25) is 0 Å². The summed E-state index contributed by atoms with van der Waals surface area (Å²) >= 11 is 1.15. The first-order valence-electron chi connectivity index (χ1n) is 5.66. The lowest BCUT2D eigenvalue weighted by Gasteiger charge is -2.05. The molecule has 0 saturated heterocycles. The summed E-state index contributed by atoms with van der Waals surface area (Å²) in [4.78, 5) is 4.74. The van der Waals surface area contributed by atoms with E-state index < -0.39 is 7.12 Å². The van der Waals surface area contributed by atoms with Gasteiger partial charge in [-0.1, -0.05) is 29.3 Å². The van der Waals surface area contributed by atoms with E-state index in [4.69, 9.17) is 19.3 Å². The molecule has 1 aromatic carbocycles. The zero-order valence-electron chi connectivity index (χ0n) is 10.4. The molecule has 18 heavy (non-hydrogen) atoms. The summed E-state index contributed by atoms with van der Waals surface area (Å²) in [6, 6.07) is 7.06. The molecule has 0 fully saturated rings. The van der Waals surface area contributed by atoms with Gasteiger partial charge < -0.3 is 10.0 Å². The first-order chi connectivity index (χ1) is 8.59. The molecule has 0 aliphatic rings. The van der Waals surface area contributed by atoms with Crippen molar-refractivity contribution in [3.8, 4) is 0 Å². The molecular formula is C11H17BO5S. The van der Waals surface area contributed by atoms with Crippen LogP contribution in [0.3, 0.4) is 0 Å². The number of rotatable bonds is 8. The predicted octanol–water partition coefficient (Wildman–Crippen LogP) is 0.845. The fourth-order valence-electron chi connectivity index (χ4n) is 1.16. The minimum Gasteiger partial charge on any atom is -0.423 e. The van der Waals surface area contributed by atoms with Gasteiger partial charge in [-0.15, -0.1) is 4.33 Å². The zero-order chi connectivity index (χ0) is 13.4. The van der Waals surface area contributed by atoms with Crippen LogP contribution in [0.25, 0.3) is 0 Å². The van der Waals surface area contributed by atoms with Crippen molar-refractivity contribution in [3.63, 3.8) is 0 Å². The molecule has 0 saturated carbocycles. The van der Waals surface area contributed by atoms with Gasteiger partial charge >= 0.3 is 7.12 Å². The second kappa shape index (κ2) is 8.52. The van der Waals surface area contributed by atoms with Gasteiger partial charge in [0.25, 0.3) is 0 Å². The number of aryl methyl sites for hydroxylation is 1. The summed E-state index contributed by atoms with van der Waals surface area (Å²) in [7, 11) is -1.42. The topological polar surface area (TPSA) is 68.2 Å². The highest BCUT2D eigenvalue weighted by Crippen LogP contribution is 2.09. The first-order valence-corrected chi connectivity index (χ1v) is 6.57. The zero-order valence-corrected chi connectivity index (χ0v) is 11.2. The van der Waals surface area contributed by atoms with E-state index >= 15 is 0 Å². The van der Waals surface area contributed by atoms with E-state index in [1.54, 1.807) is 12.1 Å². The second-order valence-electron chi connectivity index (χ2n) is 3.97. The Bertz CT molecular complexity index is 331. The maximum absolute atomic E-state index is 8.93. The average Bonchev–Trinajstić information content (AvgIpc) is 2.34. The molecule has 0 heterocycles. The lowest BCUT2D eigenvalue weighted by Crippen LogP contribution is -2.29. The Morgan fingerprint density at radius 2 is 1.89 bits per heavy atom. The van der Waals surface area contributed by atoms with Gasteiger partial charge in [-0.25, -0.2) is 4.89 Å². The smallest absolute Gasteiger partial charge is 0.423 e. The maximum atomic E-state index is 8.93. The summed E-state index contributed by atoms with van der Waals surface area (Å²) in [6.45, 7) is 3.68. The third-order valence-corrected chi connectivity index (χ3v) is 2.58. The summed E-state index contributed by atoms with van der Waals surface area (Å²) in [5.74, 6) is 0.711. The Kier molecular flexibility index (Phi) is 7.33. The van der Waals surface area contributed by atoms with Crippen molar-refractivity contribution in [2.45, 2.75) is 26.4 Å². The van der Waals surface area contributed by atoms with E-state index in [0.29, 0.717) is 11.2 Å². The highest BCUT2D eigenvalue weighted by molar-refractivity contribution is 7.94. The lowest BCUT2D eigenvalue weighted by atomic mass is 9.80. The summed E-state index contributed by atoms with van der Waals surface area (Å²) in [5.41, 5.74) is 1.57. The summed E-state index contributed by atoms with van der Waals surface area (Å²) in [6.07, 6.45) is 0.750. The second-order valence-corrected chi connectivity index (χ2v) is 4.75. The minimum absolute atomic E-state index is 0.0388. The summed E-state index contributed by atoms with van der Waals surface area (Å²) < 4.78 is 4.74. The van der Waals surface area contributed by atoms with E-state index in [0.717, 1.165) is 24.0 Å². The number of hydrogen-bond donors (Lipinski definition) is 2. The number of hydrogen-bond acceptors (Lipinski definition) is 6. The molecule has 0 aromatic heterocycles. The molecule has 5 nitrogen and oxygen atoms in total. The van der Waals surface area contributed by atoms with Crippen LogP contribution in [0.4, 0.5) is 0 Å². The van der Waals surface area contributed by atoms with Gasteiger partial charge in [0.15, 0.2) is 0 Å². The van der Waals surface area contributed by atoms with Crippen LogP contribution >= 0.6 is 12.0 Å². The van der Waals surface area contributed by atoms with Crippen LogP contribution in [0.5, 0.6) is 0 Å². The van der Waals surface area contributed by atoms with Gasteiger partial charge in [-0.2, -0.15) is 0 Å². The quantitative estimate of drug-likeness (QED) is 0.240. The van der Waals surface area contributed by atoms with Crippen LogP contribution in [0.2, 0.25) is 0 Å². The van der Waals surface area contributed by atoms with Gasteiger partial charge in [0.1, 0.15) is 0 Å². The molecule has 1 aromatic rings. The van der Waals surface area contributed by atoms with Crippen molar-refractivity contribution >= 4 is 24.6 Å². The highest BCUT2D eigenvalue weighted by atomic mass is 32.2. The summed E-state index contributed by atoms with van der Waals surface area (Å²) in [5, 5.41) is 22.3. The van der Waals surface area contributed by atoms with Crippen molar-refractivity contribution in [2.24, 2.45) is 0 Å². The van der Waals surface area contributed by atoms with Crippen LogP contribution in [0.15, 0.2) is 24.3 Å². The molecule has 0 atom stereocenters. The Morgan fingerprint density at radius 3 is 2.44 bits per heavy atom. The van der Waals surface area contributed by atoms with Crippen molar-refractivity contribution < 1.29 is 24.3 Å². The van der Waals surface area contributed by atoms with E-state index in [1.165, 1.54) is 0 Å². The fraction of sp³-hybridized carbons (Fsp3) is 0.455. The number of benzene rings is 1. The van der Waals surface area contributed by atoms with E-state index in [-0.39, 0.29) is 6.10 Å². The van der Waals surface area contributed by atoms with Crippen LogP contribution in [0, 0.1) is 0 Å². The third-order valence-electron chi connectivity index (χ3n) is 2.06. The van der Waals surface area contributed by atoms with Crippen LogP contribution in [-0.4, -0.2) is 29.0 Å². The van der Waals surface area contributed by atoms with Gasteiger partial charge in [0, 0.05) is 17.8 Å².